The fourth-order valence-corrected chi connectivity index (χ4v) is 4.08. The predicted octanol–water partition coefficient (Wildman–Crippen LogP) is 6.25. The summed E-state index contributed by atoms with van der Waals surface area (Å²) in [6.07, 6.45) is 0.0943. The molecule has 0 bridgehead atoms. The van der Waals surface area contributed by atoms with E-state index in [1.54, 1.807) is 12.1 Å². The lowest BCUT2D eigenvalue weighted by molar-refractivity contribution is -0.159. The molecule has 3 aromatic carbocycles. The largest absolute Gasteiger partial charge is 0.473 e. The number of aliphatic carboxylic acids is 2. The van der Waals surface area contributed by atoms with Crippen LogP contribution in [0.3, 0.4) is 0 Å². The van der Waals surface area contributed by atoms with Crippen LogP contribution >= 0.6 is 0 Å². The molecule has 5 nitrogen and oxygen atoms in total. The number of carbonyl (C=O) groups is 2. The number of carboxylic acids is 2. The lowest BCUT2D eigenvalue weighted by atomic mass is 9.93. The Kier molecular flexibility index (Phi) is 10.3. The fourth-order valence-electron chi connectivity index (χ4n) is 4.08. The van der Waals surface area contributed by atoms with Crippen molar-refractivity contribution in [2.45, 2.75) is 51.2 Å². The molecule has 0 aliphatic heterocycles. The van der Waals surface area contributed by atoms with Crippen molar-refractivity contribution in [2.24, 2.45) is 0 Å². The van der Waals surface area contributed by atoms with E-state index in [-0.39, 0.29) is 6.04 Å². The minimum Gasteiger partial charge on any atom is -0.473 e. The van der Waals surface area contributed by atoms with E-state index in [1.165, 1.54) is 23.3 Å². The molecular weight excluding hydrogens is 459 g/mol. The summed E-state index contributed by atoms with van der Waals surface area (Å²) in [5.41, 5.74) is 2.89. The van der Waals surface area contributed by atoms with Gasteiger partial charge in [-0.3, -0.25) is 0 Å². The number of aryl methyl sites for hydroxylation is 2. The first-order valence-electron chi connectivity index (χ1n) is 11.4. The molecule has 0 amide bonds. The summed E-state index contributed by atoms with van der Waals surface area (Å²) in [6, 6.07) is 18.6. The molecule has 0 radical (unpaired) electrons. The van der Waals surface area contributed by atoms with Gasteiger partial charge in [-0.15, -0.1) is 0 Å². The van der Waals surface area contributed by atoms with Crippen LogP contribution in [0.15, 0.2) is 60.7 Å². The standard InChI is InChI=1S/C25H28F3N.C2H2O4/c1-3-18-10-4-8-14-23(18)24(29-2)15-9-6-12-20-17-21(25(26,27)28)16-19-11-5-7-13-22(19)20;3-1(4)2(5)6/h4-5,7-8,10-11,13-14,16-17,24,29H,3,6,9,12,15H2,1-2H3;(H,3,4)(H,5,6). The number of benzene rings is 3. The average Bonchev–Trinajstić information content (AvgIpc) is 2.83. The molecule has 0 fully saturated rings. The molecule has 3 rings (SSSR count). The van der Waals surface area contributed by atoms with Crippen molar-refractivity contribution in [1.82, 2.24) is 5.32 Å². The Bertz CT molecular complexity index is 1130. The Morgan fingerprint density at radius 1 is 0.914 bits per heavy atom. The van der Waals surface area contributed by atoms with Gasteiger partial charge >= 0.3 is 18.1 Å². The van der Waals surface area contributed by atoms with Gasteiger partial charge in [-0.25, -0.2) is 9.59 Å². The van der Waals surface area contributed by atoms with Crippen molar-refractivity contribution < 1.29 is 33.0 Å². The van der Waals surface area contributed by atoms with Crippen molar-refractivity contribution in [3.63, 3.8) is 0 Å². The highest BCUT2D eigenvalue weighted by Crippen LogP contribution is 2.34. The third-order valence-electron chi connectivity index (χ3n) is 5.81. The number of hydrogen-bond acceptors (Lipinski definition) is 3. The molecule has 1 atom stereocenters. The maximum absolute atomic E-state index is 13.3. The molecule has 188 valence electrons. The Labute approximate surface area is 202 Å². The van der Waals surface area contributed by atoms with Crippen LogP contribution in [0.2, 0.25) is 0 Å². The van der Waals surface area contributed by atoms with Crippen LogP contribution in [0.25, 0.3) is 10.8 Å². The second kappa shape index (κ2) is 12.9. The van der Waals surface area contributed by atoms with Crippen molar-refractivity contribution >= 4 is 22.7 Å². The molecule has 0 heterocycles. The number of nitrogens with one attached hydrogen (secondary N) is 1. The molecular formula is C27H30F3NO4. The Balaban J connectivity index is 0.000000641. The van der Waals surface area contributed by atoms with Crippen LogP contribution in [0.4, 0.5) is 13.2 Å². The van der Waals surface area contributed by atoms with Gasteiger partial charge in [0, 0.05) is 6.04 Å². The van der Waals surface area contributed by atoms with E-state index in [4.69, 9.17) is 19.8 Å². The summed E-state index contributed by atoms with van der Waals surface area (Å²) < 4.78 is 39.9. The van der Waals surface area contributed by atoms with Crippen molar-refractivity contribution in [2.75, 3.05) is 7.05 Å². The number of fused-ring (bicyclic) bond motifs is 1. The lowest BCUT2D eigenvalue weighted by Gasteiger charge is -2.20. The Morgan fingerprint density at radius 3 is 2.14 bits per heavy atom. The fraction of sp³-hybridized carbons (Fsp3) is 0.333. The SMILES string of the molecule is CCc1ccccc1C(CCCCc1cc(C(F)(F)F)cc2ccccc12)NC.O=C(O)C(=O)O. The number of alkyl halides is 3. The van der Waals surface area contributed by atoms with E-state index in [1.807, 2.05) is 19.2 Å². The summed E-state index contributed by atoms with van der Waals surface area (Å²) in [7, 11) is 1.97. The maximum atomic E-state index is 13.3. The molecule has 0 saturated carbocycles. The van der Waals surface area contributed by atoms with Crippen LogP contribution in [-0.2, 0) is 28.6 Å². The van der Waals surface area contributed by atoms with Gasteiger partial charge in [0.1, 0.15) is 0 Å². The predicted molar refractivity (Wildman–Crippen MR) is 129 cm³/mol. The summed E-state index contributed by atoms with van der Waals surface area (Å²) in [6.45, 7) is 2.16. The highest BCUT2D eigenvalue weighted by molar-refractivity contribution is 6.27. The Hall–Kier alpha value is -3.39. The number of carboxylic acid groups (broad SMARTS) is 2. The molecule has 35 heavy (non-hydrogen) atoms. The van der Waals surface area contributed by atoms with E-state index in [2.05, 4.69) is 36.5 Å². The van der Waals surface area contributed by atoms with Gasteiger partial charge in [-0.2, -0.15) is 13.2 Å². The number of unbranched alkanes of at least 4 members (excludes halogenated alkanes) is 1. The monoisotopic (exact) mass is 489 g/mol. The van der Waals surface area contributed by atoms with Gasteiger partial charge in [0.05, 0.1) is 5.56 Å². The Morgan fingerprint density at radius 2 is 1.54 bits per heavy atom. The summed E-state index contributed by atoms with van der Waals surface area (Å²) in [5, 5.41) is 19.8. The number of rotatable bonds is 8. The third kappa shape index (κ3) is 8.10. The third-order valence-corrected chi connectivity index (χ3v) is 5.81. The van der Waals surface area contributed by atoms with Gasteiger partial charge in [-0.05, 0) is 72.3 Å². The molecule has 8 heteroatoms. The molecule has 0 saturated heterocycles. The zero-order chi connectivity index (χ0) is 26.0. The first-order chi connectivity index (χ1) is 16.6. The van der Waals surface area contributed by atoms with Crippen LogP contribution in [0.1, 0.15) is 54.5 Å². The minimum atomic E-state index is -4.32. The lowest BCUT2D eigenvalue weighted by Crippen LogP contribution is -2.18. The van der Waals surface area contributed by atoms with Gasteiger partial charge in [-0.1, -0.05) is 61.9 Å². The molecule has 0 spiro atoms. The summed E-state index contributed by atoms with van der Waals surface area (Å²) >= 11 is 0. The van der Waals surface area contributed by atoms with E-state index < -0.39 is 23.7 Å². The topological polar surface area (TPSA) is 86.6 Å². The molecule has 0 aromatic heterocycles. The van der Waals surface area contributed by atoms with E-state index in [9.17, 15) is 13.2 Å². The van der Waals surface area contributed by atoms with Crippen LogP contribution in [0.5, 0.6) is 0 Å². The molecule has 3 N–H and O–H groups in total. The molecule has 1 unspecified atom stereocenters. The second-order valence-electron chi connectivity index (χ2n) is 8.10. The number of hydrogen-bond donors (Lipinski definition) is 3. The normalized spacial score (nSPS) is 12.0. The van der Waals surface area contributed by atoms with Crippen LogP contribution in [-0.4, -0.2) is 29.2 Å². The first-order valence-corrected chi connectivity index (χ1v) is 11.4. The number of halogens is 3. The zero-order valence-electron chi connectivity index (χ0n) is 19.7. The zero-order valence-corrected chi connectivity index (χ0v) is 19.7. The smallest absolute Gasteiger partial charge is 0.416 e. The van der Waals surface area contributed by atoms with E-state index in [0.717, 1.165) is 36.6 Å². The second-order valence-corrected chi connectivity index (χ2v) is 8.10. The van der Waals surface area contributed by atoms with Crippen LogP contribution in [0, 0.1) is 0 Å². The quantitative estimate of drug-likeness (QED) is 0.257. The average molecular weight is 490 g/mol. The van der Waals surface area contributed by atoms with Gasteiger partial charge in [0.2, 0.25) is 0 Å². The van der Waals surface area contributed by atoms with Crippen molar-refractivity contribution in [1.29, 1.82) is 0 Å². The van der Waals surface area contributed by atoms with E-state index >= 15 is 0 Å². The van der Waals surface area contributed by atoms with Gasteiger partial charge in [0.15, 0.2) is 0 Å². The molecule has 0 aliphatic rings. The molecule has 3 aromatic rings. The van der Waals surface area contributed by atoms with Gasteiger partial charge in [0.25, 0.3) is 0 Å². The summed E-state index contributed by atoms with van der Waals surface area (Å²) in [5.74, 6) is -3.65. The highest BCUT2D eigenvalue weighted by atomic mass is 19.4. The van der Waals surface area contributed by atoms with Crippen LogP contribution < -0.4 is 5.32 Å². The highest BCUT2D eigenvalue weighted by Gasteiger charge is 2.31. The minimum absolute atomic E-state index is 0.268. The van der Waals surface area contributed by atoms with E-state index in [0.29, 0.717) is 11.8 Å². The first kappa shape index (κ1) is 27.9. The molecule has 0 aliphatic carbocycles. The maximum Gasteiger partial charge on any atom is 0.416 e. The van der Waals surface area contributed by atoms with Crippen molar-refractivity contribution in [3.05, 3.63) is 82.9 Å². The van der Waals surface area contributed by atoms with Gasteiger partial charge < -0.3 is 15.5 Å². The summed E-state index contributed by atoms with van der Waals surface area (Å²) in [4.78, 5) is 18.2. The van der Waals surface area contributed by atoms with Crippen molar-refractivity contribution in [3.8, 4) is 0 Å².